The number of amides is 2. The van der Waals surface area contributed by atoms with E-state index in [4.69, 9.17) is 27.9 Å². The zero-order valence-electron chi connectivity index (χ0n) is 22.6. The molecule has 0 radical (unpaired) electrons. The van der Waals surface area contributed by atoms with Gasteiger partial charge in [-0.2, -0.15) is 0 Å². The van der Waals surface area contributed by atoms with Gasteiger partial charge >= 0.3 is 0 Å². The van der Waals surface area contributed by atoms with Crippen LogP contribution in [0, 0.1) is 0 Å². The fourth-order valence-corrected chi connectivity index (χ4v) is 5.53. The number of ether oxygens (including phenoxy) is 1. The number of nitrogens with zero attached hydrogens (tertiary/aromatic N) is 2. The minimum Gasteiger partial charge on any atom is -0.497 e. The molecular weight excluding hydrogens is 573 g/mol. The van der Waals surface area contributed by atoms with Gasteiger partial charge in [0.05, 0.1) is 19.1 Å². The summed E-state index contributed by atoms with van der Waals surface area (Å²) in [4.78, 5) is 29.0. The highest BCUT2D eigenvalue weighted by atomic mass is 35.5. The monoisotopic (exact) mass is 605 g/mol. The van der Waals surface area contributed by atoms with Crippen molar-refractivity contribution >= 4 is 50.7 Å². The Morgan fingerprint density at radius 3 is 2.20 bits per heavy atom. The van der Waals surface area contributed by atoms with Gasteiger partial charge in [0, 0.05) is 29.6 Å². The maximum atomic E-state index is 14.1. The van der Waals surface area contributed by atoms with Gasteiger partial charge in [0.15, 0.2) is 0 Å². The molecule has 2 amide bonds. The molecule has 0 fully saturated rings. The molecular formula is C29H33Cl2N3O5S. The van der Waals surface area contributed by atoms with Gasteiger partial charge in [-0.25, -0.2) is 8.42 Å². The fourth-order valence-electron chi connectivity index (χ4n) is 4.18. The molecule has 0 saturated heterocycles. The van der Waals surface area contributed by atoms with E-state index in [1.807, 2.05) is 43.3 Å². The summed E-state index contributed by atoms with van der Waals surface area (Å²) < 4.78 is 32.0. The van der Waals surface area contributed by atoms with E-state index in [1.165, 1.54) is 23.1 Å². The Morgan fingerprint density at radius 1 is 0.950 bits per heavy atom. The molecule has 0 aromatic heterocycles. The number of carbonyl (C=O) groups excluding carboxylic acids is 2. The molecule has 3 aromatic carbocycles. The predicted molar refractivity (Wildman–Crippen MR) is 159 cm³/mol. The SMILES string of the molecule is CCCNC(=O)[C@H](Cc1ccccc1)N(Cc1cccc(OC)c1)C(=O)CN(c1cc(Cl)cc(Cl)c1)S(C)(=O)=O. The number of carbonyl (C=O) groups is 2. The molecule has 0 aliphatic carbocycles. The predicted octanol–water partition coefficient (Wildman–Crippen LogP) is 4.93. The summed E-state index contributed by atoms with van der Waals surface area (Å²) in [6.45, 7) is 1.85. The van der Waals surface area contributed by atoms with Crippen LogP contribution in [-0.4, -0.2) is 57.6 Å². The first-order valence-electron chi connectivity index (χ1n) is 12.7. The average molecular weight is 607 g/mol. The van der Waals surface area contributed by atoms with Crippen molar-refractivity contribution in [1.82, 2.24) is 10.2 Å². The number of hydrogen-bond acceptors (Lipinski definition) is 5. The molecule has 0 heterocycles. The van der Waals surface area contributed by atoms with E-state index in [9.17, 15) is 18.0 Å². The fraction of sp³-hybridized carbons (Fsp3) is 0.310. The van der Waals surface area contributed by atoms with E-state index < -0.39 is 28.5 Å². The first kappa shape index (κ1) is 31.3. The number of halogens is 2. The van der Waals surface area contributed by atoms with Crippen LogP contribution in [0.1, 0.15) is 24.5 Å². The second kappa shape index (κ2) is 14.4. The Bertz CT molecular complexity index is 1400. The first-order chi connectivity index (χ1) is 19.0. The van der Waals surface area contributed by atoms with Gasteiger partial charge in [0.25, 0.3) is 0 Å². The Balaban J connectivity index is 2.07. The summed E-state index contributed by atoms with van der Waals surface area (Å²) in [5.74, 6) is -0.318. The lowest BCUT2D eigenvalue weighted by Crippen LogP contribution is -2.53. The van der Waals surface area contributed by atoms with Crippen LogP contribution in [0.4, 0.5) is 5.69 Å². The number of benzene rings is 3. The summed E-state index contributed by atoms with van der Waals surface area (Å²) in [6.07, 6.45) is 1.94. The summed E-state index contributed by atoms with van der Waals surface area (Å²) in [5.41, 5.74) is 1.71. The normalized spacial score (nSPS) is 11.9. The highest BCUT2D eigenvalue weighted by Crippen LogP contribution is 2.28. The van der Waals surface area contributed by atoms with Crippen molar-refractivity contribution in [2.75, 3.05) is 30.8 Å². The molecule has 214 valence electrons. The summed E-state index contributed by atoms with van der Waals surface area (Å²) in [6, 6.07) is 19.9. The summed E-state index contributed by atoms with van der Waals surface area (Å²) >= 11 is 12.3. The van der Waals surface area contributed by atoms with Crippen LogP contribution >= 0.6 is 23.2 Å². The first-order valence-corrected chi connectivity index (χ1v) is 15.3. The van der Waals surface area contributed by atoms with Crippen molar-refractivity contribution in [2.24, 2.45) is 0 Å². The second-order valence-corrected chi connectivity index (χ2v) is 12.0. The zero-order chi connectivity index (χ0) is 29.3. The third kappa shape index (κ3) is 8.87. The van der Waals surface area contributed by atoms with Crippen molar-refractivity contribution in [3.05, 3.63) is 94.0 Å². The number of sulfonamides is 1. The van der Waals surface area contributed by atoms with Gasteiger partial charge < -0.3 is 15.0 Å². The van der Waals surface area contributed by atoms with Crippen molar-refractivity contribution in [3.8, 4) is 5.75 Å². The summed E-state index contributed by atoms with van der Waals surface area (Å²) in [7, 11) is -2.39. The van der Waals surface area contributed by atoms with Crippen LogP contribution in [0.3, 0.4) is 0 Å². The maximum Gasteiger partial charge on any atom is 0.244 e. The van der Waals surface area contributed by atoms with Gasteiger partial charge in [0.1, 0.15) is 18.3 Å². The highest BCUT2D eigenvalue weighted by Gasteiger charge is 2.33. The minimum atomic E-state index is -3.93. The lowest BCUT2D eigenvalue weighted by Gasteiger charge is -2.33. The molecule has 0 saturated carbocycles. The molecule has 3 rings (SSSR count). The topological polar surface area (TPSA) is 96.0 Å². The molecule has 1 N–H and O–H groups in total. The Kier molecular flexibility index (Phi) is 11.2. The molecule has 11 heteroatoms. The lowest BCUT2D eigenvalue weighted by atomic mass is 10.0. The van der Waals surface area contributed by atoms with Crippen LogP contribution < -0.4 is 14.4 Å². The molecule has 0 bridgehead atoms. The van der Waals surface area contributed by atoms with Gasteiger partial charge in [-0.1, -0.05) is 72.6 Å². The van der Waals surface area contributed by atoms with E-state index in [-0.39, 0.29) is 34.6 Å². The quantitative estimate of drug-likeness (QED) is 0.298. The number of nitrogens with one attached hydrogen (secondary N) is 1. The van der Waals surface area contributed by atoms with Gasteiger partial charge in [-0.3, -0.25) is 13.9 Å². The van der Waals surface area contributed by atoms with Crippen LogP contribution in [0.25, 0.3) is 0 Å². The van der Waals surface area contributed by atoms with Crippen molar-refractivity contribution in [2.45, 2.75) is 32.4 Å². The van der Waals surface area contributed by atoms with Crippen molar-refractivity contribution in [3.63, 3.8) is 0 Å². The van der Waals surface area contributed by atoms with E-state index in [1.54, 1.807) is 25.3 Å². The Hall–Kier alpha value is -3.27. The number of rotatable bonds is 13. The van der Waals surface area contributed by atoms with E-state index in [2.05, 4.69) is 5.32 Å². The third-order valence-electron chi connectivity index (χ3n) is 6.12. The molecule has 0 aliphatic heterocycles. The van der Waals surface area contributed by atoms with E-state index >= 15 is 0 Å². The molecule has 40 heavy (non-hydrogen) atoms. The van der Waals surface area contributed by atoms with Crippen molar-refractivity contribution in [1.29, 1.82) is 0 Å². The highest BCUT2D eigenvalue weighted by molar-refractivity contribution is 7.92. The van der Waals surface area contributed by atoms with Crippen LogP contribution in [0.15, 0.2) is 72.8 Å². The van der Waals surface area contributed by atoms with Crippen LogP contribution in [0.5, 0.6) is 5.75 Å². The van der Waals surface area contributed by atoms with Crippen molar-refractivity contribution < 1.29 is 22.7 Å². The van der Waals surface area contributed by atoms with E-state index in [0.717, 1.165) is 16.1 Å². The van der Waals surface area contributed by atoms with Gasteiger partial charge in [-0.15, -0.1) is 0 Å². The summed E-state index contributed by atoms with van der Waals surface area (Å²) in [5, 5.41) is 3.34. The third-order valence-corrected chi connectivity index (χ3v) is 7.70. The lowest BCUT2D eigenvalue weighted by molar-refractivity contribution is -0.140. The maximum absolute atomic E-state index is 14.1. The molecule has 0 spiro atoms. The standard InChI is InChI=1S/C29H33Cl2N3O5S/c1-4-13-32-29(36)27(15-21-9-6-5-7-10-21)33(19-22-11-8-12-26(14-22)39-2)28(35)20-34(40(3,37)38)25-17-23(30)16-24(31)18-25/h5-12,14,16-18,27H,4,13,15,19-20H2,1-3H3,(H,32,36)/t27-/m0/s1. The van der Waals surface area contributed by atoms with Crippen LogP contribution in [0.2, 0.25) is 10.0 Å². The largest absolute Gasteiger partial charge is 0.497 e. The Morgan fingerprint density at radius 2 is 1.60 bits per heavy atom. The number of methoxy groups -OCH3 is 1. The van der Waals surface area contributed by atoms with Gasteiger partial charge in [-0.05, 0) is 47.9 Å². The second-order valence-electron chi connectivity index (χ2n) is 9.27. The minimum absolute atomic E-state index is 0.0426. The number of hydrogen-bond donors (Lipinski definition) is 1. The van der Waals surface area contributed by atoms with E-state index in [0.29, 0.717) is 24.3 Å². The smallest absolute Gasteiger partial charge is 0.244 e. The number of anilines is 1. The molecule has 3 aromatic rings. The molecule has 0 aliphatic rings. The Labute approximate surface area is 245 Å². The molecule has 8 nitrogen and oxygen atoms in total. The average Bonchev–Trinajstić information content (AvgIpc) is 2.91. The van der Waals surface area contributed by atoms with Crippen LogP contribution in [-0.2, 0) is 32.6 Å². The van der Waals surface area contributed by atoms with Gasteiger partial charge in [0.2, 0.25) is 21.8 Å². The zero-order valence-corrected chi connectivity index (χ0v) is 25.0. The molecule has 0 unspecified atom stereocenters. The molecule has 1 atom stereocenters.